The summed E-state index contributed by atoms with van der Waals surface area (Å²) in [4.78, 5) is 13.0. The first-order chi connectivity index (χ1) is 14.8. The maximum absolute atomic E-state index is 13.2. The molecule has 31 heavy (non-hydrogen) atoms. The smallest absolute Gasteiger partial charge is 0.261 e. The minimum Gasteiger partial charge on any atom is -0.439 e. The van der Waals surface area contributed by atoms with Gasteiger partial charge in [-0.15, -0.1) is 0 Å². The molecular weight excluding hydrogens is 423 g/mol. The van der Waals surface area contributed by atoms with Crippen LogP contribution in [-0.2, 0) is 7.05 Å². The summed E-state index contributed by atoms with van der Waals surface area (Å²) < 4.78 is 26.1. The Kier molecular flexibility index (Phi) is 5.48. The fourth-order valence-corrected chi connectivity index (χ4v) is 3.30. The fourth-order valence-electron chi connectivity index (χ4n) is 3.18. The summed E-state index contributed by atoms with van der Waals surface area (Å²) in [6.07, 6.45) is 0. The second-order valence-corrected chi connectivity index (χ2v) is 7.30. The Morgan fingerprint density at radius 1 is 1.13 bits per heavy atom. The van der Waals surface area contributed by atoms with Gasteiger partial charge in [0.15, 0.2) is 0 Å². The molecule has 0 unspecified atom stereocenters. The Labute approximate surface area is 182 Å². The number of hydrogen-bond donors (Lipinski definition) is 1. The molecule has 0 atom stereocenters. The van der Waals surface area contributed by atoms with Crippen LogP contribution >= 0.6 is 11.6 Å². The van der Waals surface area contributed by atoms with Crippen LogP contribution in [0, 0.1) is 19.7 Å². The molecule has 0 aliphatic heterocycles. The molecule has 0 bridgehead atoms. The van der Waals surface area contributed by atoms with Crippen LogP contribution in [0.25, 0.3) is 11.3 Å². The van der Waals surface area contributed by atoms with E-state index in [0.29, 0.717) is 45.1 Å². The fraction of sp³-hybridized carbons (Fsp3) is 0.136. The highest BCUT2D eigenvalue weighted by atomic mass is 35.5. The van der Waals surface area contributed by atoms with E-state index in [2.05, 4.69) is 15.6 Å². The standard InChI is InChI=1S/C22H18ClFN4O3/c1-12-18(22(28(3)26-12)30-17-10-4-14(23)5-11-17)20-19(13(2)31-27-20)21(29)25-16-8-6-15(24)7-9-16/h4-11H,1-3H3,(H,25,29). The molecule has 1 N–H and O–H groups in total. The van der Waals surface area contributed by atoms with Gasteiger partial charge in [-0.1, -0.05) is 16.8 Å². The van der Waals surface area contributed by atoms with Crippen molar-refractivity contribution in [2.24, 2.45) is 7.05 Å². The largest absolute Gasteiger partial charge is 0.439 e. The lowest BCUT2D eigenvalue weighted by molar-refractivity contribution is 0.102. The zero-order valence-corrected chi connectivity index (χ0v) is 17.7. The molecule has 2 heterocycles. The lowest BCUT2D eigenvalue weighted by Crippen LogP contribution is -2.13. The van der Waals surface area contributed by atoms with Crippen LogP contribution in [0.5, 0.6) is 11.6 Å². The van der Waals surface area contributed by atoms with Gasteiger partial charge in [0.1, 0.15) is 28.6 Å². The van der Waals surface area contributed by atoms with E-state index < -0.39 is 11.7 Å². The Morgan fingerprint density at radius 3 is 2.48 bits per heavy atom. The zero-order valence-electron chi connectivity index (χ0n) is 16.9. The molecule has 0 saturated carbocycles. The second kappa shape index (κ2) is 8.23. The van der Waals surface area contributed by atoms with Crippen molar-refractivity contribution in [3.63, 3.8) is 0 Å². The lowest BCUT2D eigenvalue weighted by atomic mass is 10.1. The number of halogens is 2. The average molecular weight is 441 g/mol. The van der Waals surface area contributed by atoms with E-state index in [1.54, 1.807) is 49.8 Å². The van der Waals surface area contributed by atoms with Crippen molar-refractivity contribution in [1.29, 1.82) is 0 Å². The van der Waals surface area contributed by atoms with Gasteiger partial charge in [-0.25, -0.2) is 9.07 Å². The van der Waals surface area contributed by atoms with Crippen molar-refractivity contribution < 1.29 is 18.4 Å². The van der Waals surface area contributed by atoms with E-state index >= 15 is 0 Å². The molecule has 9 heteroatoms. The molecule has 4 rings (SSSR count). The molecule has 0 fully saturated rings. The number of benzene rings is 2. The van der Waals surface area contributed by atoms with Crippen LogP contribution in [0.1, 0.15) is 21.8 Å². The number of aryl methyl sites for hydroxylation is 3. The van der Waals surface area contributed by atoms with Crippen LogP contribution in [0.2, 0.25) is 5.02 Å². The number of anilines is 1. The molecule has 0 saturated heterocycles. The average Bonchev–Trinajstić information content (AvgIpc) is 3.24. The van der Waals surface area contributed by atoms with Crippen molar-refractivity contribution in [1.82, 2.24) is 14.9 Å². The summed E-state index contributed by atoms with van der Waals surface area (Å²) in [5.41, 5.74) is 2.11. The third-order valence-corrected chi connectivity index (χ3v) is 4.88. The third kappa shape index (κ3) is 4.15. The first-order valence-corrected chi connectivity index (χ1v) is 9.72. The topological polar surface area (TPSA) is 82.2 Å². The quantitative estimate of drug-likeness (QED) is 0.441. The zero-order chi connectivity index (χ0) is 22.1. The number of carbonyl (C=O) groups is 1. The molecule has 0 spiro atoms. The molecule has 1 amide bonds. The molecule has 4 aromatic rings. The number of nitrogens with one attached hydrogen (secondary N) is 1. The molecule has 7 nitrogen and oxygen atoms in total. The van der Waals surface area contributed by atoms with Crippen molar-refractivity contribution >= 4 is 23.2 Å². The molecule has 2 aromatic heterocycles. The first kappa shape index (κ1) is 20.6. The van der Waals surface area contributed by atoms with Crippen molar-refractivity contribution in [2.45, 2.75) is 13.8 Å². The van der Waals surface area contributed by atoms with Gasteiger partial charge in [0.05, 0.1) is 11.3 Å². The van der Waals surface area contributed by atoms with Crippen molar-refractivity contribution in [2.75, 3.05) is 5.32 Å². The highest BCUT2D eigenvalue weighted by Gasteiger charge is 2.28. The van der Waals surface area contributed by atoms with Gasteiger partial charge < -0.3 is 14.6 Å². The van der Waals surface area contributed by atoms with E-state index in [9.17, 15) is 9.18 Å². The molecule has 0 aliphatic rings. The van der Waals surface area contributed by atoms with E-state index in [1.807, 2.05) is 0 Å². The van der Waals surface area contributed by atoms with E-state index in [1.165, 1.54) is 24.3 Å². The van der Waals surface area contributed by atoms with Crippen LogP contribution in [0.3, 0.4) is 0 Å². The monoisotopic (exact) mass is 440 g/mol. The van der Waals surface area contributed by atoms with Gasteiger partial charge >= 0.3 is 0 Å². The molecular formula is C22H18ClFN4O3. The summed E-state index contributed by atoms with van der Waals surface area (Å²) in [7, 11) is 1.73. The van der Waals surface area contributed by atoms with Gasteiger partial charge in [-0.2, -0.15) is 5.10 Å². The highest BCUT2D eigenvalue weighted by Crippen LogP contribution is 2.38. The summed E-state index contributed by atoms with van der Waals surface area (Å²) in [5.74, 6) is 0.432. The minimum absolute atomic E-state index is 0.237. The number of hydrogen-bond acceptors (Lipinski definition) is 5. The van der Waals surface area contributed by atoms with Crippen LogP contribution in [0.4, 0.5) is 10.1 Å². The molecule has 0 aliphatic carbocycles. The number of ether oxygens (including phenoxy) is 1. The summed E-state index contributed by atoms with van der Waals surface area (Å²) in [6, 6.07) is 12.3. The Hall–Kier alpha value is -3.65. The summed E-state index contributed by atoms with van der Waals surface area (Å²) in [6.45, 7) is 3.43. The maximum Gasteiger partial charge on any atom is 0.261 e. The third-order valence-electron chi connectivity index (χ3n) is 4.63. The number of carbonyl (C=O) groups excluding carboxylic acids is 1. The van der Waals surface area contributed by atoms with Crippen LogP contribution < -0.4 is 10.1 Å². The number of rotatable bonds is 5. The van der Waals surface area contributed by atoms with Gasteiger partial charge in [-0.05, 0) is 62.4 Å². The lowest BCUT2D eigenvalue weighted by Gasteiger charge is -2.09. The summed E-state index contributed by atoms with van der Waals surface area (Å²) in [5, 5.41) is 11.8. The number of nitrogens with zero attached hydrogens (tertiary/aromatic N) is 3. The Morgan fingerprint density at radius 2 is 1.81 bits per heavy atom. The van der Waals surface area contributed by atoms with Crippen molar-refractivity contribution in [3.8, 4) is 22.9 Å². The SMILES string of the molecule is Cc1nn(C)c(Oc2ccc(Cl)cc2)c1-c1noc(C)c1C(=O)Nc1ccc(F)cc1. The molecule has 0 radical (unpaired) electrons. The van der Waals surface area contributed by atoms with Crippen molar-refractivity contribution in [3.05, 3.63) is 76.4 Å². The summed E-state index contributed by atoms with van der Waals surface area (Å²) >= 11 is 5.95. The number of aromatic nitrogens is 3. The second-order valence-electron chi connectivity index (χ2n) is 6.87. The normalized spacial score (nSPS) is 10.9. The van der Waals surface area contributed by atoms with Gasteiger partial charge in [-0.3, -0.25) is 4.79 Å². The van der Waals surface area contributed by atoms with Crippen LogP contribution in [-0.4, -0.2) is 20.8 Å². The van der Waals surface area contributed by atoms with E-state index in [-0.39, 0.29) is 5.56 Å². The predicted molar refractivity (Wildman–Crippen MR) is 114 cm³/mol. The highest BCUT2D eigenvalue weighted by molar-refractivity contribution is 6.30. The van der Waals surface area contributed by atoms with Crippen LogP contribution in [0.15, 0.2) is 53.1 Å². The predicted octanol–water partition coefficient (Wildman–Crippen LogP) is 5.53. The minimum atomic E-state index is -0.443. The maximum atomic E-state index is 13.2. The van der Waals surface area contributed by atoms with Gasteiger partial charge in [0.25, 0.3) is 5.91 Å². The van der Waals surface area contributed by atoms with Gasteiger partial charge in [0, 0.05) is 17.8 Å². The molecule has 158 valence electrons. The first-order valence-electron chi connectivity index (χ1n) is 9.34. The Balaban J connectivity index is 1.73. The number of amides is 1. The Bertz CT molecular complexity index is 1250. The molecule has 2 aromatic carbocycles. The van der Waals surface area contributed by atoms with Gasteiger partial charge in [0.2, 0.25) is 5.88 Å². The van der Waals surface area contributed by atoms with E-state index in [0.717, 1.165) is 0 Å². The van der Waals surface area contributed by atoms with E-state index in [4.69, 9.17) is 20.9 Å².